The smallest absolute Gasteiger partial charge is 0.186 e. The number of carbonyl (C=O) groups excluding carboxylic acids is 1. The number of hydrogen-bond acceptors (Lipinski definition) is 4. The number of rotatable bonds is 2. The molecule has 4 saturated carbocycles. The van der Waals surface area contributed by atoms with Crippen LogP contribution in [0.25, 0.3) is 0 Å². The van der Waals surface area contributed by atoms with E-state index in [0.717, 1.165) is 17.8 Å². The second-order valence-electron chi connectivity index (χ2n) is 11.2. The molecule has 4 unspecified atom stereocenters. The van der Waals surface area contributed by atoms with E-state index in [9.17, 15) is 4.79 Å². The third kappa shape index (κ3) is 2.39. The molecule has 0 bridgehead atoms. The van der Waals surface area contributed by atoms with Gasteiger partial charge in [0.25, 0.3) is 0 Å². The predicted octanol–water partition coefficient (Wildman–Crippen LogP) is 6.19. The molecule has 1 saturated heterocycles. The fourth-order valence-electron chi connectivity index (χ4n) is 8.97. The van der Waals surface area contributed by atoms with Gasteiger partial charge in [0, 0.05) is 17.6 Å². The summed E-state index contributed by atoms with van der Waals surface area (Å²) in [5, 5.41) is 0.848. The molecule has 2 heterocycles. The first-order chi connectivity index (χ1) is 13.9. The highest BCUT2D eigenvalue weighted by Crippen LogP contribution is 2.78. The minimum Gasteiger partial charge on any atom is -0.472 e. The van der Waals surface area contributed by atoms with Crippen LogP contribution < -0.4 is 0 Å². The lowest BCUT2D eigenvalue weighted by atomic mass is 9.44. The monoisotopic (exact) mass is 414 g/mol. The summed E-state index contributed by atoms with van der Waals surface area (Å²) in [7, 11) is 0. The highest BCUT2D eigenvalue weighted by atomic mass is 32.2. The molecule has 4 aliphatic carbocycles. The molecule has 0 aromatic carbocycles. The lowest BCUT2D eigenvalue weighted by Gasteiger charge is -2.61. The quantitative estimate of drug-likeness (QED) is 0.542. The third-order valence-corrected chi connectivity index (χ3v) is 11.4. The Balaban J connectivity index is 1.28. The second-order valence-corrected chi connectivity index (χ2v) is 12.7. The molecule has 1 aromatic heterocycles. The van der Waals surface area contributed by atoms with E-state index >= 15 is 0 Å². The molecule has 5 fully saturated rings. The zero-order valence-corrected chi connectivity index (χ0v) is 18.8. The standard InChI is InChI=1S/C25H34O3S/c1-15(26)29-18-6-9-23(2)17(12-18)4-5-20-19(23)7-10-24(3)21(16-8-11-27-14-16)13-22-25(20,24)28-22/h8,11,14,17-22H,4-7,9-10,12-13H2,1-3H3/t17?,18?,19-,20-,21?,22?,23+,24-,25+/m1/s1. The van der Waals surface area contributed by atoms with Crippen molar-refractivity contribution in [3.05, 3.63) is 24.2 Å². The lowest BCUT2D eigenvalue weighted by Crippen LogP contribution is -2.58. The highest BCUT2D eigenvalue weighted by molar-refractivity contribution is 8.14. The summed E-state index contributed by atoms with van der Waals surface area (Å²) in [5.41, 5.74) is 2.21. The van der Waals surface area contributed by atoms with Crippen LogP contribution in [0.4, 0.5) is 0 Å². The summed E-state index contributed by atoms with van der Waals surface area (Å²) in [6.45, 7) is 6.86. The van der Waals surface area contributed by atoms with E-state index in [1.54, 1.807) is 18.7 Å². The topological polar surface area (TPSA) is 42.7 Å². The first-order valence-corrected chi connectivity index (χ1v) is 12.6. The van der Waals surface area contributed by atoms with Crippen molar-refractivity contribution in [2.75, 3.05) is 0 Å². The molecule has 3 nitrogen and oxygen atoms in total. The Morgan fingerprint density at radius 3 is 2.72 bits per heavy atom. The zero-order valence-electron chi connectivity index (χ0n) is 18.0. The maximum atomic E-state index is 11.7. The largest absolute Gasteiger partial charge is 0.472 e. The van der Waals surface area contributed by atoms with Gasteiger partial charge in [-0.05, 0) is 92.1 Å². The van der Waals surface area contributed by atoms with Crippen LogP contribution >= 0.6 is 11.8 Å². The van der Waals surface area contributed by atoms with E-state index in [4.69, 9.17) is 9.15 Å². The predicted molar refractivity (Wildman–Crippen MR) is 115 cm³/mol. The van der Waals surface area contributed by atoms with Crippen LogP contribution in [0.15, 0.2) is 23.0 Å². The summed E-state index contributed by atoms with van der Waals surface area (Å²) in [6, 6.07) is 2.19. The maximum absolute atomic E-state index is 11.7. The Bertz CT molecular complexity index is 820. The molecule has 158 valence electrons. The molecule has 0 amide bonds. The fraction of sp³-hybridized carbons (Fsp3) is 0.800. The Morgan fingerprint density at radius 1 is 1.10 bits per heavy atom. The van der Waals surface area contributed by atoms with E-state index < -0.39 is 0 Å². The van der Waals surface area contributed by atoms with Crippen LogP contribution in [0.2, 0.25) is 0 Å². The molecule has 5 aliphatic rings. The van der Waals surface area contributed by atoms with Gasteiger partial charge in [0.05, 0.1) is 18.6 Å². The molecule has 1 aromatic rings. The van der Waals surface area contributed by atoms with Crippen molar-refractivity contribution in [2.24, 2.45) is 28.6 Å². The Kier molecular flexibility index (Phi) is 4.03. The minimum absolute atomic E-state index is 0.122. The van der Waals surface area contributed by atoms with Gasteiger partial charge in [0.15, 0.2) is 5.12 Å². The van der Waals surface area contributed by atoms with Crippen molar-refractivity contribution >= 4 is 16.9 Å². The van der Waals surface area contributed by atoms with Crippen molar-refractivity contribution in [3.8, 4) is 0 Å². The molecule has 1 aliphatic heterocycles. The fourth-order valence-corrected chi connectivity index (χ4v) is 10.0. The second kappa shape index (κ2) is 6.16. The van der Waals surface area contributed by atoms with E-state index in [2.05, 4.69) is 19.9 Å². The summed E-state index contributed by atoms with van der Waals surface area (Å²) in [4.78, 5) is 11.7. The van der Waals surface area contributed by atoms with Crippen LogP contribution in [0, 0.1) is 28.6 Å². The number of epoxide rings is 1. The van der Waals surface area contributed by atoms with Gasteiger partial charge in [-0.15, -0.1) is 0 Å². The SMILES string of the molecule is CC(=O)SC1CC[C@@]2(C)C(CC[C@@H]3[C@H]2CC[C@]2(C)C(c4ccoc4)CC4O[C@]432)C1. The molecule has 0 N–H and O–H groups in total. The van der Waals surface area contributed by atoms with Crippen molar-refractivity contribution in [1.82, 2.24) is 0 Å². The number of fused-ring (bicyclic) bond motifs is 3. The van der Waals surface area contributed by atoms with E-state index in [0.29, 0.717) is 27.8 Å². The van der Waals surface area contributed by atoms with Gasteiger partial charge in [-0.1, -0.05) is 25.6 Å². The maximum Gasteiger partial charge on any atom is 0.186 e. The van der Waals surface area contributed by atoms with Crippen LogP contribution in [0.3, 0.4) is 0 Å². The molecule has 0 radical (unpaired) electrons. The number of carbonyl (C=O) groups is 1. The van der Waals surface area contributed by atoms with E-state index in [-0.39, 0.29) is 11.0 Å². The molecule has 4 heteroatoms. The van der Waals surface area contributed by atoms with Crippen LogP contribution in [-0.2, 0) is 9.53 Å². The number of furan rings is 1. The Hall–Kier alpha value is -0.740. The summed E-state index contributed by atoms with van der Waals surface area (Å²) < 4.78 is 12.1. The third-order valence-electron chi connectivity index (χ3n) is 10.3. The normalized spacial score (nSPS) is 52.8. The first-order valence-electron chi connectivity index (χ1n) is 11.8. The number of ether oxygens (including phenoxy) is 1. The van der Waals surface area contributed by atoms with Gasteiger partial charge < -0.3 is 9.15 Å². The van der Waals surface area contributed by atoms with Gasteiger partial charge in [0.2, 0.25) is 0 Å². The highest BCUT2D eigenvalue weighted by Gasteiger charge is 2.80. The molecular weight excluding hydrogens is 380 g/mol. The summed E-state index contributed by atoms with van der Waals surface area (Å²) in [5.74, 6) is 2.90. The van der Waals surface area contributed by atoms with E-state index in [1.807, 2.05) is 12.5 Å². The van der Waals surface area contributed by atoms with E-state index in [1.165, 1.54) is 56.9 Å². The molecular formula is C25H34O3S. The molecule has 6 rings (SSSR count). The van der Waals surface area contributed by atoms with Crippen molar-refractivity contribution in [1.29, 1.82) is 0 Å². The number of hydrogen-bond donors (Lipinski definition) is 0. The zero-order chi connectivity index (χ0) is 20.0. The molecule has 1 spiro atoms. The van der Waals surface area contributed by atoms with Gasteiger partial charge in [-0.3, -0.25) is 4.79 Å². The Labute approximate surface area is 178 Å². The molecule has 9 atom stereocenters. The van der Waals surface area contributed by atoms with Gasteiger partial charge in [0.1, 0.15) is 5.60 Å². The number of thioether (sulfide) groups is 1. The van der Waals surface area contributed by atoms with Gasteiger partial charge in [-0.25, -0.2) is 0 Å². The lowest BCUT2D eigenvalue weighted by molar-refractivity contribution is -0.126. The van der Waals surface area contributed by atoms with Crippen molar-refractivity contribution in [3.63, 3.8) is 0 Å². The average Bonchev–Trinajstić information content (AvgIpc) is 3.04. The Morgan fingerprint density at radius 2 is 1.97 bits per heavy atom. The van der Waals surface area contributed by atoms with Crippen LogP contribution in [-0.4, -0.2) is 22.1 Å². The van der Waals surface area contributed by atoms with Gasteiger partial charge in [-0.2, -0.15) is 0 Å². The van der Waals surface area contributed by atoms with Crippen molar-refractivity contribution < 1.29 is 13.9 Å². The van der Waals surface area contributed by atoms with Gasteiger partial charge >= 0.3 is 0 Å². The van der Waals surface area contributed by atoms with Crippen LogP contribution in [0.1, 0.15) is 83.6 Å². The first kappa shape index (κ1) is 19.0. The summed E-state index contributed by atoms with van der Waals surface area (Å²) in [6.07, 6.45) is 14.5. The molecule has 29 heavy (non-hydrogen) atoms. The summed E-state index contributed by atoms with van der Waals surface area (Å²) >= 11 is 1.61. The minimum atomic E-state index is 0.122. The average molecular weight is 415 g/mol. The van der Waals surface area contributed by atoms with Crippen molar-refractivity contribution in [2.45, 2.75) is 95.0 Å². The van der Waals surface area contributed by atoms with Crippen LogP contribution in [0.5, 0.6) is 0 Å².